The van der Waals surface area contributed by atoms with E-state index in [2.05, 4.69) is 11.8 Å². The fraction of sp³-hybridized carbons (Fsp3) is 0.346. The van der Waals surface area contributed by atoms with Crippen LogP contribution in [0.25, 0.3) is 0 Å². The fourth-order valence-electron chi connectivity index (χ4n) is 4.27. The lowest BCUT2D eigenvalue weighted by Crippen LogP contribution is -2.45. The Kier molecular flexibility index (Phi) is 6.60. The molecule has 2 N–H and O–H groups in total. The molecule has 1 fully saturated rings. The van der Waals surface area contributed by atoms with Crippen molar-refractivity contribution in [3.8, 4) is 0 Å². The lowest BCUT2D eigenvalue weighted by molar-refractivity contribution is 0.0874. The molecule has 1 aliphatic rings. The highest BCUT2D eigenvalue weighted by molar-refractivity contribution is 6.01. The molecule has 33 heavy (non-hydrogen) atoms. The molecule has 3 aromatic rings. The number of ketones is 1. The maximum Gasteiger partial charge on any atom is 0.332 e. The average Bonchev–Trinajstić information content (AvgIpc) is 3.67. The molecule has 4 rings (SSSR count). The van der Waals surface area contributed by atoms with Crippen molar-refractivity contribution in [1.82, 2.24) is 14.0 Å². The number of hydrogen-bond acceptors (Lipinski definition) is 5. The molecule has 1 heterocycles. The highest BCUT2D eigenvalue weighted by Crippen LogP contribution is 2.35. The highest BCUT2D eigenvalue weighted by atomic mass is 16.2. The maximum absolute atomic E-state index is 13.5. The van der Waals surface area contributed by atoms with Crippen LogP contribution in [0.1, 0.15) is 41.3 Å². The summed E-state index contributed by atoms with van der Waals surface area (Å²) < 4.78 is 2.27. The van der Waals surface area contributed by atoms with Crippen LogP contribution in [-0.2, 0) is 20.1 Å². The summed E-state index contributed by atoms with van der Waals surface area (Å²) in [7, 11) is 1.39. The van der Waals surface area contributed by atoms with Crippen LogP contribution in [0.2, 0.25) is 0 Å². The van der Waals surface area contributed by atoms with Crippen LogP contribution in [0.3, 0.4) is 0 Å². The van der Waals surface area contributed by atoms with Gasteiger partial charge in [-0.05, 0) is 36.8 Å². The topological polar surface area (TPSA) is 90.3 Å². The van der Waals surface area contributed by atoms with E-state index in [1.54, 1.807) is 0 Å². The van der Waals surface area contributed by atoms with Crippen molar-refractivity contribution in [2.45, 2.75) is 38.9 Å². The number of carbonyl (C=O) groups excluding carboxylic acids is 1. The Morgan fingerprint density at radius 2 is 1.61 bits per heavy atom. The van der Waals surface area contributed by atoms with Crippen LogP contribution >= 0.6 is 0 Å². The minimum atomic E-state index is -0.648. The molecule has 1 saturated carbocycles. The Morgan fingerprint density at radius 1 is 1.03 bits per heavy atom. The average molecular weight is 447 g/mol. The molecule has 2 aromatic carbocycles. The number of nitrogen functional groups attached to an aromatic ring is 1. The Morgan fingerprint density at radius 3 is 2.18 bits per heavy atom. The second-order valence-corrected chi connectivity index (χ2v) is 8.87. The van der Waals surface area contributed by atoms with E-state index in [9.17, 15) is 14.4 Å². The van der Waals surface area contributed by atoms with Crippen molar-refractivity contribution in [1.29, 1.82) is 0 Å². The number of Topliss-reactive ketones (excluding diaryl/α,β-unsaturated/α-hetero) is 1. The monoisotopic (exact) mass is 446 g/mol. The van der Waals surface area contributed by atoms with Crippen LogP contribution in [0.5, 0.6) is 0 Å². The molecule has 1 aliphatic carbocycles. The van der Waals surface area contributed by atoms with Crippen LogP contribution in [0.15, 0.2) is 70.3 Å². The van der Waals surface area contributed by atoms with Gasteiger partial charge in [0.25, 0.3) is 5.56 Å². The molecule has 0 saturated heterocycles. The lowest BCUT2D eigenvalue weighted by Gasteiger charge is -2.29. The van der Waals surface area contributed by atoms with Gasteiger partial charge in [-0.2, -0.15) is 0 Å². The first kappa shape index (κ1) is 22.7. The van der Waals surface area contributed by atoms with E-state index in [-0.39, 0.29) is 36.3 Å². The van der Waals surface area contributed by atoms with E-state index in [1.165, 1.54) is 11.6 Å². The van der Waals surface area contributed by atoms with Gasteiger partial charge >= 0.3 is 5.69 Å². The summed E-state index contributed by atoms with van der Waals surface area (Å²) >= 11 is 0. The van der Waals surface area contributed by atoms with Crippen molar-refractivity contribution in [2.24, 2.45) is 13.0 Å². The van der Waals surface area contributed by atoms with Gasteiger partial charge in [-0.1, -0.05) is 60.7 Å². The van der Waals surface area contributed by atoms with Gasteiger partial charge in [-0.25, -0.2) is 4.79 Å². The zero-order valence-electron chi connectivity index (χ0n) is 19.1. The third kappa shape index (κ3) is 4.98. The Labute approximate surface area is 193 Å². The molecule has 172 valence electrons. The summed E-state index contributed by atoms with van der Waals surface area (Å²) in [4.78, 5) is 41.3. The molecule has 0 amide bonds. The normalized spacial score (nSPS) is 14.4. The third-order valence-corrected chi connectivity index (χ3v) is 6.50. The highest BCUT2D eigenvalue weighted by Gasteiger charge is 2.34. The van der Waals surface area contributed by atoms with Crippen molar-refractivity contribution < 1.29 is 4.79 Å². The van der Waals surface area contributed by atoms with Gasteiger partial charge in [-0.15, -0.1) is 0 Å². The van der Waals surface area contributed by atoms with E-state index in [0.717, 1.165) is 28.5 Å². The quantitative estimate of drug-likeness (QED) is 0.511. The number of hydrogen-bond donors (Lipinski definition) is 1. The first-order valence-corrected chi connectivity index (χ1v) is 11.3. The summed E-state index contributed by atoms with van der Waals surface area (Å²) in [5.41, 5.74) is 6.95. The number of aromatic nitrogens is 2. The number of nitrogens with two attached hydrogens (primary N) is 1. The van der Waals surface area contributed by atoms with Gasteiger partial charge in [0.2, 0.25) is 0 Å². The summed E-state index contributed by atoms with van der Waals surface area (Å²) in [5.74, 6) is 0.114. The predicted molar refractivity (Wildman–Crippen MR) is 129 cm³/mol. The minimum absolute atomic E-state index is 0.0650. The lowest BCUT2D eigenvalue weighted by atomic mass is 10.1. The number of carbonyl (C=O) groups is 1. The largest absolute Gasteiger partial charge is 0.384 e. The van der Waals surface area contributed by atoms with Crippen molar-refractivity contribution >= 4 is 11.6 Å². The first-order chi connectivity index (χ1) is 15.9. The zero-order valence-corrected chi connectivity index (χ0v) is 19.1. The van der Waals surface area contributed by atoms with Crippen molar-refractivity contribution in [3.63, 3.8) is 0 Å². The summed E-state index contributed by atoms with van der Waals surface area (Å²) in [6.07, 6.45) is 2.29. The van der Waals surface area contributed by atoms with E-state index >= 15 is 0 Å². The van der Waals surface area contributed by atoms with Crippen LogP contribution in [0, 0.1) is 5.92 Å². The molecular formula is C26H30N4O3. The Bertz CT molecular complexity index is 1240. The molecule has 0 radical (unpaired) electrons. The number of nitrogens with zero attached hydrogens (tertiary/aromatic N) is 3. The Balaban J connectivity index is 1.67. The molecule has 0 bridgehead atoms. The van der Waals surface area contributed by atoms with E-state index < -0.39 is 11.2 Å². The number of anilines is 1. The smallest absolute Gasteiger partial charge is 0.332 e. The predicted octanol–water partition coefficient (Wildman–Crippen LogP) is 2.66. The second-order valence-electron chi connectivity index (χ2n) is 8.87. The molecule has 7 heteroatoms. The van der Waals surface area contributed by atoms with Crippen molar-refractivity contribution in [2.75, 3.05) is 12.3 Å². The molecule has 1 aromatic heterocycles. The van der Waals surface area contributed by atoms with Crippen LogP contribution in [-0.4, -0.2) is 32.4 Å². The summed E-state index contributed by atoms with van der Waals surface area (Å²) in [5, 5.41) is 0. The second kappa shape index (κ2) is 9.58. The van der Waals surface area contributed by atoms with E-state index in [4.69, 9.17) is 5.73 Å². The van der Waals surface area contributed by atoms with E-state index in [0.29, 0.717) is 12.5 Å². The van der Waals surface area contributed by atoms with Crippen LogP contribution in [0.4, 0.5) is 5.82 Å². The minimum Gasteiger partial charge on any atom is -0.384 e. The zero-order chi connectivity index (χ0) is 23.5. The first-order valence-electron chi connectivity index (χ1n) is 11.3. The standard InChI is InChI=1S/C26H30N4O3/c1-18(21-13-14-21)29(15-19-9-5-3-6-10-19)17-22(31)23-24(27)30(26(33)28(2)25(23)32)16-20-11-7-4-8-12-20/h3-12,18,21H,13-17,27H2,1-2H3. The van der Waals surface area contributed by atoms with Crippen molar-refractivity contribution in [3.05, 3.63) is 98.2 Å². The van der Waals surface area contributed by atoms with Gasteiger partial charge in [0, 0.05) is 19.6 Å². The van der Waals surface area contributed by atoms with Gasteiger partial charge in [0.15, 0.2) is 5.78 Å². The van der Waals surface area contributed by atoms with Gasteiger partial charge < -0.3 is 5.73 Å². The molecule has 0 spiro atoms. The summed E-state index contributed by atoms with van der Waals surface area (Å²) in [6, 6.07) is 19.5. The van der Waals surface area contributed by atoms with Gasteiger partial charge in [0.1, 0.15) is 11.4 Å². The third-order valence-electron chi connectivity index (χ3n) is 6.50. The van der Waals surface area contributed by atoms with Gasteiger partial charge in [-0.3, -0.25) is 23.6 Å². The van der Waals surface area contributed by atoms with E-state index in [1.807, 2.05) is 60.7 Å². The molecule has 1 atom stereocenters. The number of rotatable bonds is 9. The van der Waals surface area contributed by atoms with Gasteiger partial charge in [0.05, 0.1) is 13.1 Å². The maximum atomic E-state index is 13.5. The molecular weight excluding hydrogens is 416 g/mol. The molecule has 1 unspecified atom stereocenters. The SMILES string of the molecule is CC(C1CC1)N(CC(=O)c1c(N)n(Cc2ccccc2)c(=O)n(C)c1=O)Cc1ccccc1. The Hall–Kier alpha value is -3.45. The molecule has 7 nitrogen and oxygen atoms in total. The molecule has 0 aliphatic heterocycles. The van der Waals surface area contributed by atoms with Crippen LogP contribution < -0.4 is 17.0 Å². The number of benzene rings is 2. The summed E-state index contributed by atoms with van der Waals surface area (Å²) in [6.45, 7) is 2.99. The fourth-order valence-corrected chi connectivity index (χ4v) is 4.27.